The number of nitrogens with zero attached hydrogens (tertiary/aromatic N) is 3. The first kappa shape index (κ1) is 14.1. The summed E-state index contributed by atoms with van der Waals surface area (Å²) in [6, 6.07) is 13.4. The highest BCUT2D eigenvalue weighted by Gasteiger charge is 2.35. The number of imide groups is 1. The maximum Gasteiger partial charge on any atom is 0.261 e. The molecule has 1 aliphatic rings. The molecule has 2 amide bonds. The van der Waals surface area contributed by atoms with Gasteiger partial charge in [0, 0.05) is 0 Å². The molecule has 4 rings (SSSR count). The van der Waals surface area contributed by atoms with E-state index >= 15 is 0 Å². The maximum atomic E-state index is 12.3. The molecule has 2 heterocycles. The number of hydrogen-bond acceptors (Lipinski definition) is 5. The third kappa shape index (κ3) is 2.14. The summed E-state index contributed by atoms with van der Waals surface area (Å²) >= 11 is 0. The van der Waals surface area contributed by atoms with E-state index in [4.69, 9.17) is 0 Å². The van der Waals surface area contributed by atoms with Crippen LogP contribution < -0.4 is 0 Å². The fraction of sp³-hybridized carbons (Fsp3) is 0.0588. The van der Waals surface area contributed by atoms with Crippen molar-refractivity contribution in [1.82, 2.24) is 20.1 Å². The molecule has 2 N–H and O–H groups in total. The molecule has 0 spiro atoms. The Morgan fingerprint density at radius 3 is 2.12 bits per heavy atom. The van der Waals surface area contributed by atoms with Crippen molar-refractivity contribution in [2.24, 2.45) is 0 Å². The van der Waals surface area contributed by atoms with E-state index in [0.29, 0.717) is 28.3 Å². The summed E-state index contributed by atoms with van der Waals surface area (Å²) in [6.45, 7) is -0.00700. The normalized spacial score (nSPS) is 13.4. The lowest BCUT2D eigenvalue weighted by molar-refractivity contribution is 0.0638. The molecule has 1 aromatic heterocycles. The van der Waals surface area contributed by atoms with E-state index in [1.807, 2.05) is 0 Å². The Hall–Kier alpha value is -3.48. The first-order valence-electron chi connectivity index (χ1n) is 7.30. The number of para-hydroxylation sites is 1. The largest absolute Gasteiger partial charge is 0.507 e. The molecule has 0 fully saturated rings. The smallest absolute Gasteiger partial charge is 0.261 e. The minimum absolute atomic E-state index is 0.00700. The van der Waals surface area contributed by atoms with Gasteiger partial charge in [-0.3, -0.25) is 19.6 Å². The number of phenols is 1. The average Bonchev–Trinajstić information content (AvgIpc) is 3.15. The molecule has 2 aromatic carbocycles. The number of carbonyl (C=O) groups is 2. The number of amides is 2. The Morgan fingerprint density at radius 2 is 1.50 bits per heavy atom. The van der Waals surface area contributed by atoms with Gasteiger partial charge in [0.1, 0.15) is 11.6 Å². The van der Waals surface area contributed by atoms with Crippen LogP contribution in [0.1, 0.15) is 26.5 Å². The van der Waals surface area contributed by atoms with Gasteiger partial charge in [-0.2, -0.15) is 5.10 Å². The van der Waals surface area contributed by atoms with Crippen LogP contribution in [0.25, 0.3) is 11.4 Å². The minimum atomic E-state index is -0.351. The third-order valence-corrected chi connectivity index (χ3v) is 3.86. The maximum absolute atomic E-state index is 12.3. The molecule has 0 bridgehead atoms. The Balaban J connectivity index is 1.61. The van der Waals surface area contributed by atoms with Gasteiger partial charge in [-0.25, -0.2) is 4.98 Å². The zero-order valence-corrected chi connectivity index (χ0v) is 12.4. The van der Waals surface area contributed by atoms with Crippen molar-refractivity contribution in [3.8, 4) is 17.1 Å². The van der Waals surface area contributed by atoms with Crippen LogP contribution in [0, 0.1) is 0 Å². The highest BCUT2D eigenvalue weighted by molar-refractivity contribution is 6.21. The van der Waals surface area contributed by atoms with Crippen molar-refractivity contribution in [1.29, 1.82) is 0 Å². The van der Waals surface area contributed by atoms with E-state index in [9.17, 15) is 14.7 Å². The van der Waals surface area contributed by atoms with E-state index < -0.39 is 0 Å². The second kappa shape index (κ2) is 5.31. The van der Waals surface area contributed by atoms with Crippen LogP contribution in [0.15, 0.2) is 48.5 Å². The number of hydrogen-bond donors (Lipinski definition) is 2. The number of fused-ring (bicyclic) bond motifs is 1. The summed E-state index contributed by atoms with van der Waals surface area (Å²) in [6.07, 6.45) is 0. The Labute approximate surface area is 136 Å². The van der Waals surface area contributed by atoms with E-state index in [1.54, 1.807) is 42.5 Å². The number of benzene rings is 2. The number of rotatable bonds is 3. The van der Waals surface area contributed by atoms with Crippen molar-refractivity contribution in [3.63, 3.8) is 0 Å². The molecule has 3 aromatic rings. The van der Waals surface area contributed by atoms with Gasteiger partial charge in [0.15, 0.2) is 5.82 Å². The lowest BCUT2D eigenvalue weighted by Gasteiger charge is -2.11. The fourth-order valence-corrected chi connectivity index (χ4v) is 2.68. The number of phenolic OH excluding ortho intramolecular Hbond substituents is 1. The molecule has 0 aliphatic carbocycles. The van der Waals surface area contributed by atoms with Gasteiger partial charge in [0.05, 0.1) is 23.2 Å². The van der Waals surface area contributed by atoms with Gasteiger partial charge < -0.3 is 5.11 Å². The summed E-state index contributed by atoms with van der Waals surface area (Å²) in [5.41, 5.74) is 1.26. The molecule has 118 valence electrons. The molecule has 0 saturated heterocycles. The van der Waals surface area contributed by atoms with Gasteiger partial charge >= 0.3 is 0 Å². The van der Waals surface area contributed by atoms with Gasteiger partial charge in [0.2, 0.25) is 0 Å². The van der Waals surface area contributed by atoms with Gasteiger partial charge in [0.25, 0.3) is 11.8 Å². The molecule has 0 unspecified atom stereocenters. The first-order valence-corrected chi connectivity index (χ1v) is 7.30. The summed E-state index contributed by atoms with van der Waals surface area (Å²) in [4.78, 5) is 30.1. The van der Waals surface area contributed by atoms with Gasteiger partial charge in [-0.1, -0.05) is 24.3 Å². The lowest BCUT2D eigenvalue weighted by atomic mass is 10.1. The number of aromatic amines is 1. The van der Waals surface area contributed by atoms with Crippen LogP contribution in [-0.4, -0.2) is 37.0 Å². The predicted octanol–water partition coefficient (Wildman–Crippen LogP) is 1.97. The highest BCUT2D eigenvalue weighted by Crippen LogP contribution is 2.27. The number of aromatic nitrogens is 3. The molecule has 1 aliphatic heterocycles. The minimum Gasteiger partial charge on any atom is -0.507 e. The molecular weight excluding hydrogens is 308 g/mol. The molecule has 7 nitrogen and oxygen atoms in total. The molecule has 7 heteroatoms. The van der Waals surface area contributed by atoms with Gasteiger partial charge in [-0.15, -0.1) is 0 Å². The summed E-state index contributed by atoms with van der Waals surface area (Å²) in [7, 11) is 0. The summed E-state index contributed by atoms with van der Waals surface area (Å²) in [5.74, 6) is 0.0264. The standard InChI is InChI=1S/C17H12N4O3/c22-13-8-4-3-7-12(13)15-18-14(19-20-15)9-21-16(23)10-5-1-2-6-11(10)17(21)24/h1-8,22H,9H2,(H,18,19,20). The zero-order chi connectivity index (χ0) is 16.7. The Kier molecular flexibility index (Phi) is 3.13. The molecule has 0 radical (unpaired) electrons. The van der Waals surface area contributed by atoms with E-state index in [-0.39, 0.29) is 24.1 Å². The molecule has 0 atom stereocenters. The average molecular weight is 320 g/mol. The van der Waals surface area contributed by atoms with E-state index in [1.165, 1.54) is 6.07 Å². The molecule has 0 saturated carbocycles. The molecular formula is C17H12N4O3. The summed E-state index contributed by atoms with van der Waals surface area (Å²) in [5, 5.41) is 16.6. The number of nitrogens with one attached hydrogen (secondary N) is 1. The fourth-order valence-electron chi connectivity index (χ4n) is 2.68. The third-order valence-electron chi connectivity index (χ3n) is 3.86. The Bertz CT molecular complexity index is 929. The molecule has 24 heavy (non-hydrogen) atoms. The van der Waals surface area contributed by atoms with Crippen molar-refractivity contribution < 1.29 is 14.7 Å². The van der Waals surface area contributed by atoms with Gasteiger partial charge in [-0.05, 0) is 24.3 Å². The van der Waals surface area contributed by atoms with Crippen LogP contribution >= 0.6 is 0 Å². The van der Waals surface area contributed by atoms with Crippen LogP contribution in [-0.2, 0) is 6.54 Å². The van der Waals surface area contributed by atoms with Crippen LogP contribution in [0.4, 0.5) is 0 Å². The zero-order valence-electron chi connectivity index (χ0n) is 12.4. The van der Waals surface area contributed by atoms with Crippen LogP contribution in [0.3, 0.4) is 0 Å². The van der Waals surface area contributed by atoms with Crippen molar-refractivity contribution in [2.75, 3.05) is 0 Å². The number of H-pyrrole nitrogens is 1. The first-order chi connectivity index (χ1) is 11.6. The second-order valence-corrected chi connectivity index (χ2v) is 5.36. The second-order valence-electron chi connectivity index (χ2n) is 5.36. The summed E-state index contributed by atoms with van der Waals surface area (Å²) < 4.78 is 0. The van der Waals surface area contributed by atoms with Crippen molar-refractivity contribution in [2.45, 2.75) is 6.54 Å². The van der Waals surface area contributed by atoms with Crippen LogP contribution in [0.2, 0.25) is 0 Å². The highest BCUT2D eigenvalue weighted by atomic mass is 16.3. The van der Waals surface area contributed by atoms with E-state index in [0.717, 1.165) is 4.90 Å². The SMILES string of the molecule is O=C1c2ccccc2C(=O)N1Cc1nc(-c2ccccc2O)n[nH]1. The van der Waals surface area contributed by atoms with Crippen molar-refractivity contribution >= 4 is 11.8 Å². The Morgan fingerprint density at radius 1 is 0.917 bits per heavy atom. The van der Waals surface area contributed by atoms with E-state index in [2.05, 4.69) is 15.2 Å². The topological polar surface area (TPSA) is 99.2 Å². The van der Waals surface area contributed by atoms with Crippen LogP contribution in [0.5, 0.6) is 5.75 Å². The monoisotopic (exact) mass is 320 g/mol. The lowest BCUT2D eigenvalue weighted by Crippen LogP contribution is -2.29. The quantitative estimate of drug-likeness (QED) is 0.719. The predicted molar refractivity (Wildman–Crippen MR) is 84.1 cm³/mol. The number of carbonyl (C=O) groups excluding carboxylic acids is 2. The number of aromatic hydroxyl groups is 1. The van der Waals surface area contributed by atoms with Crippen molar-refractivity contribution in [3.05, 3.63) is 65.5 Å².